The fourth-order valence-electron chi connectivity index (χ4n) is 0.949. The lowest BCUT2D eigenvalue weighted by molar-refractivity contribution is 0.621. The third-order valence-electron chi connectivity index (χ3n) is 1.77. The Morgan fingerprint density at radius 2 is 2.27 bits per heavy atom. The molecule has 1 nitrogen and oxygen atoms in total. The van der Waals surface area contributed by atoms with Gasteiger partial charge in [0.25, 0.3) is 0 Å². The van der Waals surface area contributed by atoms with Crippen molar-refractivity contribution in [3.8, 4) is 0 Å². The first kappa shape index (κ1) is 8.21. The maximum atomic E-state index is 12.6. The molecule has 0 aliphatic rings. The number of benzene rings is 1. The van der Waals surface area contributed by atoms with Crippen molar-refractivity contribution in [3.63, 3.8) is 0 Å². The number of hydrogen-bond acceptors (Lipinski definition) is 1. The average Bonchev–Trinajstić information content (AvgIpc) is 2.03. The van der Waals surface area contributed by atoms with E-state index in [-0.39, 0.29) is 11.7 Å². The molecule has 1 atom stereocenters. The minimum atomic E-state index is -0.192. The first-order valence-electron chi connectivity index (χ1n) is 3.69. The molecule has 0 saturated carbocycles. The molecule has 11 heavy (non-hydrogen) atoms. The zero-order valence-corrected chi connectivity index (χ0v) is 6.55. The van der Waals surface area contributed by atoms with E-state index in [0.717, 1.165) is 5.56 Å². The SMILES string of the molecule is C[C@H](CN)c1cccc(F)c1. The number of halogens is 1. The number of nitrogens with two attached hydrogens (primary N) is 1. The van der Waals surface area contributed by atoms with Crippen LogP contribution < -0.4 is 5.73 Å². The van der Waals surface area contributed by atoms with E-state index in [9.17, 15) is 4.39 Å². The highest BCUT2D eigenvalue weighted by atomic mass is 19.1. The second-order valence-corrected chi connectivity index (χ2v) is 2.69. The van der Waals surface area contributed by atoms with Crippen molar-refractivity contribution in [1.82, 2.24) is 0 Å². The molecule has 0 bridgehead atoms. The van der Waals surface area contributed by atoms with Crippen molar-refractivity contribution >= 4 is 0 Å². The van der Waals surface area contributed by atoms with Gasteiger partial charge in [0, 0.05) is 0 Å². The molecule has 2 N–H and O–H groups in total. The second kappa shape index (κ2) is 3.49. The number of hydrogen-bond donors (Lipinski definition) is 1. The van der Waals surface area contributed by atoms with E-state index in [0.29, 0.717) is 6.54 Å². The Morgan fingerprint density at radius 1 is 1.55 bits per heavy atom. The van der Waals surface area contributed by atoms with Crippen LogP contribution in [0.3, 0.4) is 0 Å². The van der Waals surface area contributed by atoms with Gasteiger partial charge < -0.3 is 5.73 Å². The van der Waals surface area contributed by atoms with Crippen molar-refractivity contribution in [1.29, 1.82) is 0 Å². The molecule has 0 aromatic heterocycles. The van der Waals surface area contributed by atoms with Gasteiger partial charge in [-0.15, -0.1) is 0 Å². The Balaban J connectivity index is 2.86. The fraction of sp³-hybridized carbons (Fsp3) is 0.333. The van der Waals surface area contributed by atoms with Crippen molar-refractivity contribution in [3.05, 3.63) is 35.6 Å². The summed E-state index contributed by atoms with van der Waals surface area (Å²) in [6, 6.07) is 6.56. The summed E-state index contributed by atoms with van der Waals surface area (Å²) < 4.78 is 12.6. The van der Waals surface area contributed by atoms with Crippen LogP contribution in [-0.2, 0) is 0 Å². The van der Waals surface area contributed by atoms with Gasteiger partial charge in [0.2, 0.25) is 0 Å². The maximum absolute atomic E-state index is 12.6. The van der Waals surface area contributed by atoms with Crippen molar-refractivity contribution < 1.29 is 4.39 Å². The lowest BCUT2D eigenvalue weighted by Gasteiger charge is -2.07. The molecule has 0 spiro atoms. The standard InChI is InChI=1S/C9H12FN/c1-7(6-11)8-3-2-4-9(10)5-8/h2-5,7H,6,11H2,1H3/t7-/m1/s1. The molecular formula is C9H12FN. The predicted octanol–water partition coefficient (Wildman–Crippen LogP) is 1.89. The van der Waals surface area contributed by atoms with E-state index in [2.05, 4.69) is 0 Å². The molecule has 0 heterocycles. The average molecular weight is 153 g/mol. The summed E-state index contributed by atoms with van der Waals surface area (Å²) in [5.41, 5.74) is 6.40. The summed E-state index contributed by atoms with van der Waals surface area (Å²) in [7, 11) is 0. The monoisotopic (exact) mass is 153 g/mol. The van der Waals surface area contributed by atoms with E-state index >= 15 is 0 Å². The van der Waals surface area contributed by atoms with Gasteiger partial charge in [-0.3, -0.25) is 0 Å². The summed E-state index contributed by atoms with van der Waals surface area (Å²) >= 11 is 0. The summed E-state index contributed by atoms with van der Waals surface area (Å²) in [5.74, 6) is 0.0495. The van der Waals surface area contributed by atoms with E-state index < -0.39 is 0 Å². The molecule has 0 unspecified atom stereocenters. The van der Waals surface area contributed by atoms with Crippen LogP contribution >= 0.6 is 0 Å². The Morgan fingerprint density at radius 3 is 2.82 bits per heavy atom. The maximum Gasteiger partial charge on any atom is 0.123 e. The molecule has 2 heteroatoms. The summed E-state index contributed by atoms with van der Waals surface area (Å²) in [5, 5.41) is 0. The van der Waals surface area contributed by atoms with Gasteiger partial charge in [0.05, 0.1) is 0 Å². The topological polar surface area (TPSA) is 26.0 Å². The molecule has 1 rings (SSSR count). The highest BCUT2D eigenvalue weighted by Crippen LogP contribution is 2.13. The smallest absolute Gasteiger partial charge is 0.123 e. The van der Waals surface area contributed by atoms with Crippen molar-refractivity contribution in [2.75, 3.05) is 6.54 Å². The third kappa shape index (κ3) is 2.02. The Hall–Kier alpha value is -0.890. The highest BCUT2D eigenvalue weighted by Gasteiger charge is 2.02. The Kier molecular flexibility index (Phi) is 2.60. The van der Waals surface area contributed by atoms with E-state index in [4.69, 9.17) is 5.73 Å². The largest absolute Gasteiger partial charge is 0.330 e. The molecule has 0 amide bonds. The van der Waals surface area contributed by atoms with Gasteiger partial charge >= 0.3 is 0 Å². The molecule has 60 valence electrons. The van der Waals surface area contributed by atoms with Gasteiger partial charge in [0.1, 0.15) is 5.82 Å². The number of rotatable bonds is 2. The lowest BCUT2D eigenvalue weighted by atomic mass is 10.0. The molecule has 0 radical (unpaired) electrons. The van der Waals surface area contributed by atoms with Crippen LogP contribution in [0.2, 0.25) is 0 Å². The summed E-state index contributed by atoms with van der Waals surface area (Å²) in [6.07, 6.45) is 0. The van der Waals surface area contributed by atoms with Gasteiger partial charge in [-0.1, -0.05) is 19.1 Å². The van der Waals surface area contributed by atoms with Crippen LogP contribution in [0.4, 0.5) is 4.39 Å². The van der Waals surface area contributed by atoms with Crippen LogP contribution in [0.1, 0.15) is 18.4 Å². The lowest BCUT2D eigenvalue weighted by Crippen LogP contribution is -2.08. The first-order valence-corrected chi connectivity index (χ1v) is 3.69. The van der Waals surface area contributed by atoms with Gasteiger partial charge in [-0.25, -0.2) is 4.39 Å². The normalized spacial score (nSPS) is 13.0. The molecular weight excluding hydrogens is 141 g/mol. The summed E-state index contributed by atoms with van der Waals surface area (Å²) in [4.78, 5) is 0. The van der Waals surface area contributed by atoms with E-state index in [1.165, 1.54) is 12.1 Å². The molecule has 0 fully saturated rings. The van der Waals surface area contributed by atoms with Crippen molar-refractivity contribution in [2.45, 2.75) is 12.8 Å². The van der Waals surface area contributed by atoms with Crippen LogP contribution in [-0.4, -0.2) is 6.54 Å². The van der Waals surface area contributed by atoms with E-state index in [1.54, 1.807) is 6.07 Å². The third-order valence-corrected chi connectivity index (χ3v) is 1.77. The van der Waals surface area contributed by atoms with Crippen LogP contribution in [0.25, 0.3) is 0 Å². The van der Waals surface area contributed by atoms with Gasteiger partial charge in [0.15, 0.2) is 0 Å². The molecule has 0 aliphatic carbocycles. The van der Waals surface area contributed by atoms with Crippen LogP contribution in [0, 0.1) is 5.82 Å². The zero-order chi connectivity index (χ0) is 8.27. The van der Waals surface area contributed by atoms with Gasteiger partial charge in [-0.2, -0.15) is 0 Å². The second-order valence-electron chi connectivity index (χ2n) is 2.69. The van der Waals surface area contributed by atoms with Crippen LogP contribution in [0.15, 0.2) is 24.3 Å². The fourth-order valence-corrected chi connectivity index (χ4v) is 0.949. The van der Waals surface area contributed by atoms with E-state index in [1.807, 2.05) is 13.0 Å². The Bertz CT molecular complexity index is 235. The highest BCUT2D eigenvalue weighted by molar-refractivity contribution is 5.20. The van der Waals surface area contributed by atoms with Crippen LogP contribution in [0.5, 0.6) is 0 Å². The molecule has 1 aromatic carbocycles. The predicted molar refractivity (Wildman–Crippen MR) is 43.9 cm³/mol. The molecule has 1 aromatic rings. The molecule has 0 saturated heterocycles. The zero-order valence-electron chi connectivity index (χ0n) is 6.55. The van der Waals surface area contributed by atoms with Crippen molar-refractivity contribution in [2.24, 2.45) is 5.73 Å². The summed E-state index contributed by atoms with van der Waals surface area (Å²) in [6.45, 7) is 2.54. The van der Waals surface area contributed by atoms with Gasteiger partial charge in [-0.05, 0) is 30.2 Å². The minimum absolute atomic E-state index is 0.192. The Labute approximate surface area is 66.0 Å². The first-order chi connectivity index (χ1) is 5.24. The minimum Gasteiger partial charge on any atom is -0.330 e. The quantitative estimate of drug-likeness (QED) is 0.689. The molecule has 0 aliphatic heterocycles.